The Bertz CT molecular complexity index is 902. The number of quaternary nitrogens is 1. The van der Waals surface area contributed by atoms with Gasteiger partial charge in [0.25, 0.3) is 11.8 Å². The van der Waals surface area contributed by atoms with E-state index in [0.29, 0.717) is 36.3 Å². The van der Waals surface area contributed by atoms with Crippen LogP contribution in [-0.4, -0.2) is 91.9 Å². The van der Waals surface area contributed by atoms with Crippen molar-refractivity contribution in [2.24, 2.45) is 10.4 Å². The van der Waals surface area contributed by atoms with E-state index in [1.807, 2.05) is 20.8 Å². The smallest absolute Gasteiger partial charge is 0.339 e. The zero-order chi connectivity index (χ0) is 24.3. The molecule has 3 aliphatic rings. The molecule has 15 heteroatoms. The molecule has 0 bridgehead atoms. The van der Waals surface area contributed by atoms with Crippen LogP contribution in [0.15, 0.2) is 21.7 Å². The number of thioether (sulfide) groups is 2. The molecule has 1 radical (unpaired) electrons. The van der Waals surface area contributed by atoms with Crippen molar-refractivity contribution < 1.29 is 23.9 Å². The van der Waals surface area contributed by atoms with Crippen molar-refractivity contribution in [3.63, 3.8) is 0 Å². The number of carbonyl (C=O) groups excluding carboxylic acids is 3. The number of hydrogen-bond donors (Lipinski definition) is 1. The van der Waals surface area contributed by atoms with Crippen molar-refractivity contribution >= 4 is 69.7 Å². The minimum absolute atomic E-state index is 0.135. The van der Waals surface area contributed by atoms with Gasteiger partial charge in [-0.25, -0.2) is 4.79 Å². The first-order chi connectivity index (χ1) is 15.7. The number of hydroxylamine groups is 3. The lowest BCUT2D eigenvalue weighted by molar-refractivity contribution is -1.09. The largest absolute Gasteiger partial charge is 0.413 e. The van der Waals surface area contributed by atoms with Gasteiger partial charge < -0.3 is 5.32 Å². The van der Waals surface area contributed by atoms with E-state index >= 15 is 0 Å². The van der Waals surface area contributed by atoms with Crippen LogP contribution in [0.2, 0.25) is 0 Å². The average Bonchev–Trinajstić information content (AvgIpc) is 3.23. The van der Waals surface area contributed by atoms with Crippen LogP contribution in [-0.2, 0) is 19.2 Å². The molecule has 2 atom stereocenters. The first kappa shape index (κ1) is 26.1. The summed E-state index contributed by atoms with van der Waals surface area (Å²) in [7, 11) is 1.72. The molecule has 3 rings (SSSR count). The van der Waals surface area contributed by atoms with Crippen molar-refractivity contribution in [3.8, 4) is 0 Å². The number of alkyl halides is 2. The zero-order valence-corrected chi connectivity index (χ0v) is 21.8. The molecule has 3 heterocycles. The molecule has 0 aromatic rings. The van der Waals surface area contributed by atoms with Gasteiger partial charge >= 0.3 is 11.1 Å². The van der Waals surface area contributed by atoms with Crippen molar-refractivity contribution in [2.75, 3.05) is 38.2 Å². The predicted molar refractivity (Wildman–Crippen MR) is 128 cm³/mol. The first-order valence-electron chi connectivity index (χ1n) is 10.4. The highest BCUT2D eigenvalue weighted by Crippen LogP contribution is 2.42. The van der Waals surface area contributed by atoms with Crippen molar-refractivity contribution in [1.82, 2.24) is 20.3 Å². The van der Waals surface area contributed by atoms with E-state index in [0.717, 1.165) is 5.57 Å². The van der Waals surface area contributed by atoms with Crippen LogP contribution in [0.3, 0.4) is 0 Å². The Labute approximate surface area is 210 Å². The van der Waals surface area contributed by atoms with Crippen LogP contribution in [0.1, 0.15) is 20.8 Å². The van der Waals surface area contributed by atoms with Gasteiger partial charge in [-0.1, -0.05) is 28.2 Å². The monoisotopic (exact) mass is 538 g/mol. The number of nitrogens with zero attached hydrogens (tertiary/aromatic N) is 6. The van der Waals surface area contributed by atoms with Crippen LogP contribution >= 0.6 is 46.7 Å². The normalized spacial score (nSPS) is 22.4. The van der Waals surface area contributed by atoms with Crippen LogP contribution in [0.25, 0.3) is 0 Å². The summed E-state index contributed by atoms with van der Waals surface area (Å²) >= 11 is 14.0. The maximum atomic E-state index is 13.4. The summed E-state index contributed by atoms with van der Waals surface area (Å²) < 4.78 is 0.135. The minimum Gasteiger partial charge on any atom is -0.339 e. The molecule has 1 saturated heterocycles. The molecule has 181 valence electrons. The number of nitrogens with one attached hydrogen (secondary N) is 1. The maximum absolute atomic E-state index is 13.4. The standard InChI is InChI=1S/C18H25Cl2N7O4S2/c1-5-27(6-2,7-3)31-17(30)12-10(9-33-18-22-23-24-25(18)4)8-32-16-11(15(29)26(12)16)21-14(28)13(19)20/h11,13,16H,5-9H2,1-4H3/q+1/p+1/t11-,16?/m0/s1. The molecular weight excluding hydrogens is 513 g/mol. The number of carbonyl (C=O) groups is 3. The Morgan fingerprint density at radius 1 is 1.33 bits per heavy atom. The van der Waals surface area contributed by atoms with E-state index in [1.165, 1.54) is 33.4 Å². The summed E-state index contributed by atoms with van der Waals surface area (Å²) in [5, 5.41) is 15.6. The van der Waals surface area contributed by atoms with E-state index in [-0.39, 0.29) is 10.3 Å². The van der Waals surface area contributed by atoms with Gasteiger partial charge in [-0.15, -0.1) is 16.4 Å². The average molecular weight is 539 g/mol. The Hall–Kier alpha value is -1.54. The molecule has 1 fully saturated rings. The number of amides is 2. The molecule has 2 amide bonds. The zero-order valence-electron chi connectivity index (χ0n) is 18.7. The number of halogens is 2. The van der Waals surface area contributed by atoms with Gasteiger partial charge in [-0.05, 0) is 38.1 Å². The molecule has 33 heavy (non-hydrogen) atoms. The summed E-state index contributed by atoms with van der Waals surface area (Å²) in [5.74, 6) is -0.761. The number of rotatable bonds is 9. The van der Waals surface area contributed by atoms with Crippen LogP contribution in [0, 0.1) is 0 Å². The maximum Gasteiger partial charge on any atom is 0.413 e. The minimum atomic E-state index is -1.29. The Morgan fingerprint density at radius 2 is 2.00 bits per heavy atom. The van der Waals surface area contributed by atoms with Gasteiger partial charge in [0, 0.05) is 11.5 Å². The molecular formula is C18H26Cl2N7O4S2+2. The van der Waals surface area contributed by atoms with Gasteiger partial charge in [0.2, 0.25) is 0 Å². The second-order valence-electron chi connectivity index (χ2n) is 7.41. The summed E-state index contributed by atoms with van der Waals surface area (Å²) in [4.78, 5) is 44.4. The van der Waals surface area contributed by atoms with E-state index in [1.54, 1.807) is 7.05 Å². The fourth-order valence-corrected chi connectivity index (χ4v) is 6.04. The predicted octanol–water partition coefficient (Wildman–Crippen LogP) is 1.43. The lowest BCUT2D eigenvalue weighted by atomic mass is 10.0. The molecule has 3 aliphatic heterocycles. The number of hydrogen-bond acceptors (Lipinski definition) is 10. The van der Waals surface area contributed by atoms with E-state index < -0.39 is 34.0 Å². The number of fused-ring (bicyclic) bond motifs is 1. The van der Waals surface area contributed by atoms with E-state index in [2.05, 4.69) is 20.9 Å². The van der Waals surface area contributed by atoms with Gasteiger partial charge in [0.15, 0.2) is 10.1 Å². The molecule has 0 aromatic heterocycles. The van der Waals surface area contributed by atoms with E-state index in [9.17, 15) is 14.4 Å². The second-order valence-corrected chi connectivity index (χ2v) is 10.6. The first-order valence-corrected chi connectivity index (χ1v) is 13.3. The molecule has 0 saturated carbocycles. The molecule has 1 N–H and O–H groups in total. The molecule has 0 aromatic carbocycles. The highest BCUT2D eigenvalue weighted by molar-refractivity contribution is 8.13. The highest BCUT2D eigenvalue weighted by Gasteiger charge is 2.55. The van der Waals surface area contributed by atoms with Crippen LogP contribution in [0.5, 0.6) is 0 Å². The SMILES string of the molecule is CC[N+](CC)(CC)OC(=O)C1=C(CSC2=[N+]N=NN2C)CSC2[C@@H](NC(=O)C(Cl)Cl)C(=O)N12. The van der Waals surface area contributed by atoms with Gasteiger partial charge in [-0.3, -0.25) is 19.3 Å². The topological polar surface area (TPSA) is 118 Å². The summed E-state index contributed by atoms with van der Waals surface area (Å²) in [6, 6.07) is -0.815. The molecule has 0 aliphatic carbocycles. The van der Waals surface area contributed by atoms with Gasteiger partial charge in [0.05, 0.1) is 12.1 Å². The van der Waals surface area contributed by atoms with Crippen LogP contribution in [0.4, 0.5) is 0 Å². The number of amidine groups is 1. The second kappa shape index (κ2) is 10.8. The Balaban J connectivity index is 1.86. The summed E-state index contributed by atoms with van der Waals surface area (Å²) in [5.41, 5.74) is 0.948. The van der Waals surface area contributed by atoms with Gasteiger partial charge in [0.1, 0.15) is 42.0 Å². The molecule has 0 spiro atoms. The summed E-state index contributed by atoms with van der Waals surface area (Å²) in [6.07, 6.45) is 0. The lowest BCUT2D eigenvalue weighted by Gasteiger charge is -2.50. The fourth-order valence-electron chi connectivity index (χ4n) is 3.58. The summed E-state index contributed by atoms with van der Waals surface area (Å²) in [6.45, 7) is 7.62. The third-order valence-corrected chi connectivity index (χ3v) is 8.53. The number of β-lactam (4-membered cyclic amide) rings is 1. The fraction of sp³-hybridized carbons (Fsp3) is 0.667. The van der Waals surface area contributed by atoms with Crippen molar-refractivity contribution in [2.45, 2.75) is 37.0 Å². The Kier molecular flexibility index (Phi) is 8.54. The highest BCUT2D eigenvalue weighted by atomic mass is 35.5. The third-order valence-electron chi connectivity index (χ3n) is 5.70. The van der Waals surface area contributed by atoms with E-state index in [4.69, 9.17) is 28.0 Å². The molecule has 1 unspecified atom stereocenters. The third kappa shape index (κ3) is 5.26. The Morgan fingerprint density at radius 3 is 2.55 bits per heavy atom. The molecule has 11 nitrogen and oxygen atoms in total. The quantitative estimate of drug-likeness (QED) is 0.204. The van der Waals surface area contributed by atoms with Crippen molar-refractivity contribution in [1.29, 1.82) is 0 Å². The van der Waals surface area contributed by atoms with Crippen molar-refractivity contribution in [3.05, 3.63) is 11.3 Å². The van der Waals surface area contributed by atoms with Gasteiger partial charge in [-0.2, -0.15) is 0 Å². The lowest BCUT2D eigenvalue weighted by Crippen LogP contribution is -2.71. The van der Waals surface area contributed by atoms with Crippen LogP contribution < -0.4 is 10.4 Å².